The fourth-order valence-electron chi connectivity index (χ4n) is 2.66. The number of rotatable bonds is 8. The quantitative estimate of drug-likeness (QED) is 0.487. The van der Waals surface area contributed by atoms with Crippen molar-refractivity contribution in [3.05, 3.63) is 59.3 Å². The highest BCUT2D eigenvalue weighted by Gasteiger charge is 2.24. The van der Waals surface area contributed by atoms with Gasteiger partial charge in [-0.1, -0.05) is 6.07 Å². The van der Waals surface area contributed by atoms with Crippen LogP contribution < -0.4 is 14.2 Å². The number of methoxy groups -OCH3 is 2. The molecule has 2 aromatic rings. The van der Waals surface area contributed by atoms with E-state index in [2.05, 4.69) is 4.99 Å². The summed E-state index contributed by atoms with van der Waals surface area (Å²) >= 11 is 0. The van der Waals surface area contributed by atoms with Crippen molar-refractivity contribution >= 4 is 23.9 Å². The normalized spacial score (nSPS) is 14.2. The summed E-state index contributed by atoms with van der Waals surface area (Å²) in [6.07, 6.45) is 1.58. The number of ether oxygens (including phenoxy) is 5. The largest absolute Gasteiger partial charge is 0.497 e. The molecule has 0 unspecified atom stereocenters. The smallest absolute Gasteiger partial charge is 0.363 e. The predicted molar refractivity (Wildman–Crippen MR) is 109 cm³/mol. The van der Waals surface area contributed by atoms with E-state index >= 15 is 0 Å². The molecule has 156 valence electrons. The molecule has 30 heavy (non-hydrogen) atoms. The fraction of sp³-hybridized carbons (Fsp3) is 0.227. The lowest BCUT2D eigenvalue weighted by atomic mass is 10.1. The molecule has 2 aromatic carbocycles. The van der Waals surface area contributed by atoms with Crippen LogP contribution in [0.25, 0.3) is 6.08 Å². The van der Waals surface area contributed by atoms with Crippen LogP contribution in [0, 0.1) is 0 Å². The van der Waals surface area contributed by atoms with Gasteiger partial charge in [0.1, 0.15) is 5.75 Å². The number of carbonyl (C=O) groups is 2. The van der Waals surface area contributed by atoms with Crippen molar-refractivity contribution < 1.29 is 33.3 Å². The molecule has 0 saturated heterocycles. The number of hydrogen-bond donors (Lipinski definition) is 0. The zero-order chi connectivity index (χ0) is 21.5. The van der Waals surface area contributed by atoms with Crippen LogP contribution in [0.15, 0.2) is 53.2 Å². The number of nitrogens with zero attached hydrogens (tertiary/aromatic N) is 1. The molecule has 0 aromatic heterocycles. The number of esters is 2. The van der Waals surface area contributed by atoms with Crippen LogP contribution >= 0.6 is 0 Å². The average molecular weight is 411 g/mol. The first-order valence-electron chi connectivity index (χ1n) is 9.17. The Hall–Kier alpha value is -3.81. The van der Waals surface area contributed by atoms with E-state index in [1.165, 1.54) is 7.11 Å². The second-order valence-electron chi connectivity index (χ2n) is 6.07. The highest BCUT2D eigenvalue weighted by molar-refractivity contribution is 6.12. The third-order valence-corrected chi connectivity index (χ3v) is 4.10. The van der Waals surface area contributed by atoms with Crippen molar-refractivity contribution in [2.75, 3.05) is 27.4 Å². The molecule has 1 aliphatic rings. The third kappa shape index (κ3) is 4.96. The maximum absolute atomic E-state index is 12.2. The first-order chi connectivity index (χ1) is 14.5. The highest BCUT2D eigenvalue weighted by atomic mass is 16.6. The SMILES string of the molecule is CCOC(=O)COc1ccc(C=C2N=C(c3ccc(OC)cc3)OC2=O)cc1OC. The zero-order valence-electron chi connectivity index (χ0n) is 16.8. The van der Waals surface area contributed by atoms with Gasteiger partial charge >= 0.3 is 11.9 Å². The van der Waals surface area contributed by atoms with E-state index < -0.39 is 11.9 Å². The Balaban J connectivity index is 1.78. The van der Waals surface area contributed by atoms with Crippen molar-refractivity contribution in [1.82, 2.24) is 0 Å². The summed E-state index contributed by atoms with van der Waals surface area (Å²) in [4.78, 5) is 28.0. The second-order valence-corrected chi connectivity index (χ2v) is 6.07. The standard InChI is InChI=1S/C22H21NO7/c1-4-28-20(24)13-29-18-10-5-14(12-19(18)27-3)11-17-22(25)30-21(23-17)15-6-8-16(26-2)9-7-15/h5-12H,4,13H2,1-3H3. The van der Waals surface area contributed by atoms with Gasteiger partial charge in [0.2, 0.25) is 5.90 Å². The van der Waals surface area contributed by atoms with Crippen LogP contribution in [0.1, 0.15) is 18.1 Å². The molecule has 0 spiro atoms. The Kier molecular flexibility index (Phi) is 6.69. The molecule has 0 saturated carbocycles. The third-order valence-electron chi connectivity index (χ3n) is 4.10. The van der Waals surface area contributed by atoms with Gasteiger partial charge in [0, 0.05) is 5.56 Å². The number of aliphatic imine (C=N–C) groups is 1. The molecule has 0 fully saturated rings. The zero-order valence-corrected chi connectivity index (χ0v) is 16.8. The Morgan fingerprint density at radius 1 is 1.07 bits per heavy atom. The van der Waals surface area contributed by atoms with E-state index in [0.29, 0.717) is 28.4 Å². The lowest BCUT2D eigenvalue weighted by Gasteiger charge is -2.10. The molecule has 0 radical (unpaired) electrons. The summed E-state index contributed by atoms with van der Waals surface area (Å²) in [5.41, 5.74) is 1.47. The molecule has 8 nitrogen and oxygen atoms in total. The summed E-state index contributed by atoms with van der Waals surface area (Å²) < 4.78 is 26.0. The van der Waals surface area contributed by atoms with Gasteiger partial charge in [-0.25, -0.2) is 14.6 Å². The maximum atomic E-state index is 12.2. The maximum Gasteiger partial charge on any atom is 0.363 e. The van der Waals surface area contributed by atoms with Crippen LogP contribution in [0.3, 0.4) is 0 Å². The first-order valence-corrected chi connectivity index (χ1v) is 9.17. The van der Waals surface area contributed by atoms with Gasteiger partial charge in [0.25, 0.3) is 0 Å². The molecule has 3 rings (SSSR count). The van der Waals surface area contributed by atoms with Gasteiger partial charge in [-0.15, -0.1) is 0 Å². The van der Waals surface area contributed by atoms with Crippen LogP contribution in [-0.4, -0.2) is 45.3 Å². The lowest BCUT2D eigenvalue weighted by Crippen LogP contribution is -2.14. The minimum atomic E-state index is -0.553. The minimum Gasteiger partial charge on any atom is -0.497 e. The van der Waals surface area contributed by atoms with E-state index in [4.69, 9.17) is 23.7 Å². The fourth-order valence-corrected chi connectivity index (χ4v) is 2.66. The van der Waals surface area contributed by atoms with E-state index in [1.54, 1.807) is 62.6 Å². The molecule has 0 N–H and O–H groups in total. The number of carbonyl (C=O) groups excluding carboxylic acids is 2. The molecule has 1 aliphatic heterocycles. The molecular formula is C22H21NO7. The van der Waals surface area contributed by atoms with Crippen molar-refractivity contribution in [1.29, 1.82) is 0 Å². The van der Waals surface area contributed by atoms with E-state index in [1.807, 2.05) is 0 Å². The van der Waals surface area contributed by atoms with Crippen molar-refractivity contribution in [2.45, 2.75) is 6.92 Å². The van der Waals surface area contributed by atoms with Gasteiger partial charge in [-0.3, -0.25) is 0 Å². The van der Waals surface area contributed by atoms with E-state index in [0.717, 1.165) is 0 Å². The summed E-state index contributed by atoms with van der Waals surface area (Å²) in [6.45, 7) is 1.77. The highest BCUT2D eigenvalue weighted by Crippen LogP contribution is 2.30. The summed E-state index contributed by atoms with van der Waals surface area (Å²) in [6, 6.07) is 12.0. The van der Waals surface area contributed by atoms with Gasteiger partial charge in [-0.05, 0) is 55.0 Å². The molecule has 0 bridgehead atoms. The Bertz CT molecular complexity index is 993. The van der Waals surface area contributed by atoms with Crippen LogP contribution in [-0.2, 0) is 19.1 Å². The van der Waals surface area contributed by atoms with Crippen molar-refractivity contribution in [3.8, 4) is 17.2 Å². The predicted octanol–water partition coefficient (Wildman–Crippen LogP) is 2.99. The van der Waals surface area contributed by atoms with Crippen molar-refractivity contribution in [2.24, 2.45) is 4.99 Å². The summed E-state index contributed by atoms with van der Waals surface area (Å²) in [5.74, 6) is 0.665. The summed E-state index contributed by atoms with van der Waals surface area (Å²) in [7, 11) is 3.05. The van der Waals surface area contributed by atoms with Crippen LogP contribution in [0.4, 0.5) is 0 Å². The Morgan fingerprint density at radius 3 is 2.50 bits per heavy atom. The van der Waals surface area contributed by atoms with Crippen molar-refractivity contribution in [3.63, 3.8) is 0 Å². The van der Waals surface area contributed by atoms with E-state index in [9.17, 15) is 9.59 Å². The van der Waals surface area contributed by atoms with Crippen LogP contribution in [0.2, 0.25) is 0 Å². The molecule has 0 amide bonds. The monoisotopic (exact) mass is 411 g/mol. The minimum absolute atomic E-state index is 0.156. The molecule has 8 heteroatoms. The molecule has 0 atom stereocenters. The first kappa shape index (κ1) is 20.9. The molecule has 0 aliphatic carbocycles. The van der Waals surface area contributed by atoms with Crippen LogP contribution in [0.5, 0.6) is 17.2 Å². The molecular weight excluding hydrogens is 390 g/mol. The second kappa shape index (κ2) is 9.60. The topological polar surface area (TPSA) is 92.7 Å². The Labute approximate surface area is 173 Å². The van der Waals surface area contributed by atoms with Gasteiger partial charge in [0.15, 0.2) is 23.8 Å². The summed E-state index contributed by atoms with van der Waals surface area (Å²) in [5, 5.41) is 0. The van der Waals surface area contributed by atoms with Gasteiger partial charge in [0.05, 0.1) is 20.8 Å². The number of hydrogen-bond acceptors (Lipinski definition) is 8. The lowest BCUT2D eigenvalue weighted by molar-refractivity contribution is -0.145. The van der Waals surface area contributed by atoms with E-state index in [-0.39, 0.29) is 24.8 Å². The average Bonchev–Trinajstić information content (AvgIpc) is 3.13. The molecule has 1 heterocycles. The Morgan fingerprint density at radius 2 is 1.83 bits per heavy atom. The van der Waals surface area contributed by atoms with Gasteiger partial charge in [-0.2, -0.15) is 0 Å². The van der Waals surface area contributed by atoms with Gasteiger partial charge < -0.3 is 23.7 Å². The number of benzene rings is 2. The number of cyclic esters (lactones) is 1.